The van der Waals surface area contributed by atoms with Crippen molar-refractivity contribution in [2.45, 2.75) is 19.9 Å². The molecule has 0 bridgehead atoms. The van der Waals surface area contributed by atoms with E-state index in [2.05, 4.69) is 0 Å². The first-order valence-electron chi connectivity index (χ1n) is 7.67. The third-order valence-corrected chi connectivity index (χ3v) is 4.09. The van der Waals surface area contributed by atoms with E-state index in [-0.39, 0.29) is 6.04 Å². The zero-order valence-electron chi connectivity index (χ0n) is 14.8. The average Bonchev–Trinajstić information content (AvgIpc) is 2.91. The van der Waals surface area contributed by atoms with E-state index in [4.69, 9.17) is 19.9 Å². The Balaban J connectivity index is 2.73. The van der Waals surface area contributed by atoms with E-state index < -0.39 is 5.91 Å². The molecule has 2 rings (SSSR count). The highest BCUT2D eigenvalue weighted by molar-refractivity contribution is 5.96. The predicted molar refractivity (Wildman–Crippen MR) is 92.8 cm³/mol. The van der Waals surface area contributed by atoms with Crippen molar-refractivity contribution in [2.24, 2.45) is 5.73 Å². The summed E-state index contributed by atoms with van der Waals surface area (Å²) in [6, 6.07) is 7.37. The Bertz CT molecular complexity index is 737. The number of benzene rings is 1. The Kier molecular flexibility index (Phi) is 5.51. The first-order valence-corrected chi connectivity index (χ1v) is 7.67. The van der Waals surface area contributed by atoms with Crippen molar-refractivity contribution in [3.8, 4) is 22.8 Å². The van der Waals surface area contributed by atoms with Crippen LogP contribution in [0.4, 0.5) is 0 Å². The first-order chi connectivity index (χ1) is 11.4. The van der Waals surface area contributed by atoms with Gasteiger partial charge in [0, 0.05) is 18.4 Å². The highest BCUT2D eigenvalue weighted by Crippen LogP contribution is 2.37. The van der Waals surface area contributed by atoms with Gasteiger partial charge in [-0.3, -0.25) is 4.79 Å². The molecule has 6 nitrogen and oxygen atoms in total. The maximum absolute atomic E-state index is 11.8. The molecular weight excluding hydrogens is 308 g/mol. The Morgan fingerprint density at radius 3 is 2.46 bits per heavy atom. The zero-order valence-corrected chi connectivity index (χ0v) is 14.8. The van der Waals surface area contributed by atoms with Crippen LogP contribution >= 0.6 is 0 Å². The van der Waals surface area contributed by atoms with Crippen LogP contribution in [0.1, 0.15) is 29.0 Å². The van der Waals surface area contributed by atoms with Crippen LogP contribution in [0.25, 0.3) is 11.3 Å². The van der Waals surface area contributed by atoms with Gasteiger partial charge in [0.15, 0.2) is 0 Å². The summed E-state index contributed by atoms with van der Waals surface area (Å²) in [4.78, 5) is 11.8. The van der Waals surface area contributed by atoms with Crippen LogP contribution in [0.5, 0.6) is 11.5 Å². The van der Waals surface area contributed by atoms with Crippen molar-refractivity contribution in [1.29, 1.82) is 0 Å². The van der Waals surface area contributed by atoms with Crippen LogP contribution in [0.2, 0.25) is 0 Å². The number of carbonyl (C=O) groups is 1. The number of nitrogens with zero attached hydrogens (tertiary/aromatic N) is 1. The Labute approximate surface area is 142 Å². The van der Waals surface area contributed by atoms with E-state index in [9.17, 15) is 4.79 Å². The molecule has 0 radical (unpaired) electrons. The van der Waals surface area contributed by atoms with Crippen LogP contribution < -0.4 is 15.2 Å². The standard InChI is InChI=1S/C18H24N2O4/c1-11(10-22-3)20-12(2)14(18(19)21)9-16(20)15-8-13(23-4)6-7-17(15)24-5/h6-9,11H,10H2,1-5H3,(H2,19,21). The fourth-order valence-corrected chi connectivity index (χ4v) is 2.98. The first kappa shape index (κ1) is 17.9. The summed E-state index contributed by atoms with van der Waals surface area (Å²) in [5.74, 6) is 0.936. The van der Waals surface area contributed by atoms with E-state index >= 15 is 0 Å². The van der Waals surface area contributed by atoms with Gasteiger partial charge in [-0.25, -0.2) is 0 Å². The van der Waals surface area contributed by atoms with Crippen molar-refractivity contribution in [1.82, 2.24) is 4.57 Å². The lowest BCUT2D eigenvalue weighted by atomic mass is 10.1. The number of primary amides is 1. The molecule has 1 amide bonds. The third kappa shape index (κ3) is 3.23. The summed E-state index contributed by atoms with van der Waals surface area (Å²) in [6.07, 6.45) is 0. The predicted octanol–water partition coefficient (Wildman–Crippen LogP) is 2.79. The highest BCUT2D eigenvalue weighted by Gasteiger charge is 2.22. The fraction of sp³-hybridized carbons (Fsp3) is 0.389. The van der Waals surface area contributed by atoms with Gasteiger partial charge in [0.05, 0.1) is 38.1 Å². The second kappa shape index (κ2) is 7.40. The molecule has 1 atom stereocenters. The summed E-state index contributed by atoms with van der Waals surface area (Å²) in [5, 5.41) is 0. The number of hydrogen-bond acceptors (Lipinski definition) is 4. The van der Waals surface area contributed by atoms with Crippen molar-refractivity contribution < 1.29 is 19.0 Å². The number of ether oxygens (including phenoxy) is 3. The monoisotopic (exact) mass is 332 g/mol. The maximum Gasteiger partial charge on any atom is 0.250 e. The number of nitrogens with two attached hydrogens (primary N) is 1. The van der Waals surface area contributed by atoms with Gasteiger partial charge >= 0.3 is 0 Å². The number of methoxy groups -OCH3 is 3. The second-order valence-corrected chi connectivity index (χ2v) is 5.63. The van der Waals surface area contributed by atoms with Gasteiger partial charge in [0.2, 0.25) is 0 Å². The lowest BCUT2D eigenvalue weighted by molar-refractivity contribution is 0.0999. The molecule has 0 aliphatic rings. The minimum Gasteiger partial charge on any atom is -0.497 e. The summed E-state index contributed by atoms with van der Waals surface area (Å²) in [5.41, 5.74) is 8.48. The largest absolute Gasteiger partial charge is 0.497 e. The molecular formula is C18H24N2O4. The van der Waals surface area contributed by atoms with Gasteiger partial charge in [-0.05, 0) is 38.1 Å². The normalized spacial score (nSPS) is 12.0. The fourth-order valence-electron chi connectivity index (χ4n) is 2.98. The Morgan fingerprint density at radius 2 is 1.92 bits per heavy atom. The molecule has 2 aromatic rings. The molecule has 0 fully saturated rings. The number of rotatable bonds is 7. The van der Waals surface area contributed by atoms with E-state index in [0.29, 0.717) is 23.7 Å². The quantitative estimate of drug-likeness (QED) is 0.846. The van der Waals surface area contributed by atoms with Gasteiger partial charge < -0.3 is 24.5 Å². The van der Waals surface area contributed by atoms with Crippen molar-refractivity contribution in [3.63, 3.8) is 0 Å². The summed E-state index contributed by atoms with van der Waals surface area (Å²) < 4.78 is 18.1. The third-order valence-electron chi connectivity index (χ3n) is 4.09. The molecule has 1 unspecified atom stereocenters. The van der Waals surface area contributed by atoms with Crippen molar-refractivity contribution in [2.75, 3.05) is 27.9 Å². The summed E-state index contributed by atoms with van der Waals surface area (Å²) >= 11 is 0. The van der Waals surface area contributed by atoms with Crippen LogP contribution in [-0.2, 0) is 4.74 Å². The molecule has 1 heterocycles. The molecule has 1 aromatic carbocycles. The molecule has 24 heavy (non-hydrogen) atoms. The van der Waals surface area contributed by atoms with Gasteiger partial charge in [-0.15, -0.1) is 0 Å². The van der Waals surface area contributed by atoms with E-state index in [1.54, 1.807) is 27.4 Å². The molecule has 2 N–H and O–H groups in total. The molecule has 0 aliphatic carbocycles. The van der Waals surface area contributed by atoms with Crippen LogP contribution in [0.15, 0.2) is 24.3 Å². The number of hydrogen-bond donors (Lipinski definition) is 1. The lowest BCUT2D eigenvalue weighted by Gasteiger charge is -2.20. The SMILES string of the molecule is COCC(C)n1c(-c2cc(OC)ccc2OC)cc(C(N)=O)c1C. The van der Waals surface area contributed by atoms with Crippen LogP contribution in [0.3, 0.4) is 0 Å². The summed E-state index contributed by atoms with van der Waals surface area (Å²) in [6.45, 7) is 4.41. The Morgan fingerprint density at radius 1 is 1.21 bits per heavy atom. The maximum atomic E-state index is 11.8. The summed E-state index contributed by atoms with van der Waals surface area (Å²) in [7, 11) is 4.87. The van der Waals surface area contributed by atoms with Gasteiger partial charge in [-0.1, -0.05) is 0 Å². The molecule has 0 spiro atoms. The minimum atomic E-state index is -0.459. The molecule has 130 valence electrons. The molecule has 6 heteroatoms. The lowest BCUT2D eigenvalue weighted by Crippen LogP contribution is -2.16. The highest BCUT2D eigenvalue weighted by atomic mass is 16.5. The van der Waals surface area contributed by atoms with Crippen LogP contribution in [-0.4, -0.2) is 38.4 Å². The number of aromatic nitrogens is 1. The van der Waals surface area contributed by atoms with Gasteiger partial charge in [-0.2, -0.15) is 0 Å². The average molecular weight is 332 g/mol. The molecule has 0 saturated carbocycles. The van der Waals surface area contributed by atoms with Crippen molar-refractivity contribution >= 4 is 5.91 Å². The molecule has 0 aliphatic heterocycles. The Hall–Kier alpha value is -2.47. The van der Waals surface area contributed by atoms with Crippen LogP contribution in [0, 0.1) is 6.92 Å². The molecule has 0 saturated heterocycles. The van der Waals surface area contributed by atoms with Gasteiger partial charge in [0.1, 0.15) is 11.5 Å². The topological polar surface area (TPSA) is 75.7 Å². The van der Waals surface area contributed by atoms with E-state index in [1.807, 2.05) is 36.6 Å². The van der Waals surface area contributed by atoms with Crippen molar-refractivity contribution in [3.05, 3.63) is 35.5 Å². The second-order valence-electron chi connectivity index (χ2n) is 5.63. The zero-order chi connectivity index (χ0) is 17.9. The number of amides is 1. The number of carbonyl (C=O) groups excluding carboxylic acids is 1. The van der Waals surface area contributed by atoms with E-state index in [1.165, 1.54) is 0 Å². The van der Waals surface area contributed by atoms with E-state index in [0.717, 1.165) is 17.0 Å². The van der Waals surface area contributed by atoms with Gasteiger partial charge in [0.25, 0.3) is 5.91 Å². The smallest absolute Gasteiger partial charge is 0.250 e. The molecule has 1 aromatic heterocycles. The minimum absolute atomic E-state index is 0.0222.